The van der Waals surface area contributed by atoms with Crippen LogP contribution in [0.25, 0.3) is 0 Å². The van der Waals surface area contributed by atoms with E-state index < -0.39 is 9.84 Å². The lowest BCUT2D eigenvalue weighted by Crippen LogP contribution is -2.17. The third-order valence-corrected chi connectivity index (χ3v) is 5.74. The zero-order valence-corrected chi connectivity index (χ0v) is 14.2. The predicted octanol–water partition coefficient (Wildman–Crippen LogP) is 4.63. The summed E-state index contributed by atoms with van der Waals surface area (Å²) in [7, 11) is -3.23. The van der Waals surface area contributed by atoms with Crippen LogP contribution >= 0.6 is 0 Å². The van der Waals surface area contributed by atoms with Crippen molar-refractivity contribution in [1.29, 1.82) is 0 Å². The predicted molar refractivity (Wildman–Crippen MR) is 88.1 cm³/mol. The van der Waals surface area contributed by atoms with Gasteiger partial charge in [0.25, 0.3) is 0 Å². The van der Waals surface area contributed by atoms with Crippen LogP contribution < -0.4 is 0 Å². The van der Waals surface area contributed by atoms with E-state index in [-0.39, 0.29) is 16.7 Å². The third-order valence-electron chi connectivity index (χ3n) is 3.95. The fourth-order valence-corrected chi connectivity index (χ4v) is 4.25. The molecule has 0 N–H and O–H groups in total. The fraction of sp³-hybridized carbons (Fsp3) is 0.706. The molecule has 21 heavy (non-hydrogen) atoms. The molecule has 0 saturated heterocycles. The molecule has 0 saturated carbocycles. The second-order valence-electron chi connectivity index (χ2n) is 5.78. The van der Waals surface area contributed by atoms with Crippen LogP contribution in [-0.4, -0.2) is 19.2 Å². The van der Waals surface area contributed by atoms with Crippen LogP contribution in [0.15, 0.2) is 29.4 Å². The van der Waals surface area contributed by atoms with Crippen molar-refractivity contribution in [2.75, 3.05) is 5.75 Å². The van der Waals surface area contributed by atoms with Gasteiger partial charge in [-0.05, 0) is 24.5 Å². The molecule has 120 valence electrons. The molecule has 0 amide bonds. The summed E-state index contributed by atoms with van der Waals surface area (Å²) in [6.07, 6.45) is 11.0. The van der Waals surface area contributed by atoms with E-state index in [1.807, 2.05) is 0 Å². The molecule has 0 aliphatic heterocycles. The molecule has 1 atom stereocenters. The van der Waals surface area contributed by atoms with Gasteiger partial charge in [0, 0.05) is 6.20 Å². The average Bonchev–Trinajstić information content (AvgIpc) is 2.50. The van der Waals surface area contributed by atoms with Gasteiger partial charge in [0.1, 0.15) is 0 Å². The maximum Gasteiger partial charge on any atom is 0.195 e. The van der Waals surface area contributed by atoms with E-state index in [4.69, 9.17) is 0 Å². The Morgan fingerprint density at radius 3 is 2.38 bits per heavy atom. The summed E-state index contributed by atoms with van der Waals surface area (Å²) in [6, 6.07) is 5.06. The number of pyridine rings is 1. The van der Waals surface area contributed by atoms with Crippen molar-refractivity contribution in [3.05, 3.63) is 24.4 Å². The Hall–Kier alpha value is -0.900. The summed E-state index contributed by atoms with van der Waals surface area (Å²) in [5, 5.41) is 0.214. The summed E-state index contributed by atoms with van der Waals surface area (Å²) >= 11 is 0. The summed E-state index contributed by atoms with van der Waals surface area (Å²) < 4.78 is 24.6. The summed E-state index contributed by atoms with van der Waals surface area (Å²) in [4.78, 5) is 3.98. The molecular formula is C17H29NO2S. The molecule has 0 bridgehead atoms. The number of sulfone groups is 1. The highest BCUT2D eigenvalue weighted by molar-refractivity contribution is 7.91. The first-order chi connectivity index (χ1) is 10.1. The first-order valence-electron chi connectivity index (χ1n) is 8.24. The minimum Gasteiger partial charge on any atom is -0.245 e. The van der Waals surface area contributed by atoms with E-state index >= 15 is 0 Å². The first kappa shape index (κ1) is 18.1. The van der Waals surface area contributed by atoms with Crippen molar-refractivity contribution in [3.63, 3.8) is 0 Å². The second-order valence-corrected chi connectivity index (χ2v) is 7.76. The second kappa shape index (κ2) is 9.93. The Morgan fingerprint density at radius 1 is 1.05 bits per heavy atom. The van der Waals surface area contributed by atoms with Crippen molar-refractivity contribution in [3.8, 4) is 0 Å². The average molecular weight is 311 g/mol. The molecule has 1 rings (SSSR count). The number of nitrogens with zero attached hydrogens (tertiary/aromatic N) is 1. The van der Waals surface area contributed by atoms with Crippen LogP contribution in [0.2, 0.25) is 0 Å². The molecule has 0 fully saturated rings. The highest BCUT2D eigenvalue weighted by atomic mass is 32.2. The van der Waals surface area contributed by atoms with Gasteiger partial charge in [-0.2, -0.15) is 0 Å². The minimum absolute atomic E-state index is 0.214. The molecule has 1 heterocycles. The Balaban J connectivity index is 2.40. The smallest absolute Gasteiger partial charge is 0.195 e. The lowest BCUT2D eigenvalue weighted by Gasteiger charge is -2.14. The van der Waals surface area contributed by atoms with Crippen LogP contribution in [0.1, 0.15) is 65.2 Å². The molecule has 4 heteroatoms. The van der Waals surface area contributed by atoms with E-state index in [2.05, 4.69) is 18.8 Å². The molecule has 0 radical (unpaired) electrons. The number of hydrogen-bond donors (Lipinski definition) is 0. The molecular weight excluding hydrogens is 282 g/mol. The number of hydrogen-bond acceptors (Lipinski definition) is 3. The molecule has 0 aliphatic carbocycles. The number of unbranched alkanes of at least 4 members (excludes halogenated alkanes) is 5. The monoisotopic (exact) mass is 311 g/mol. The van der Waals surface area contributed by atoms with Gasteiger partial charge in [0.15, 0.2) is 14.9 Å². The van der Waals surface area contributed by atoms with Crippen LogP contribution in [0.3, 0.4) is 0 Å². The normalized spacial score (nSPS) is 13.2. The maximum absolute atomic E-state index is 12.3. The van der Waals surface area contributed by atoms with Crippen molar-refractivity contribution < 1.29 is 8.42 Å². The van der Waals surface area contributed by atoms with Gasteiger partial charge in [-0.25, -0.2) is 13.4 Å². The highest BCUT2D eigenvalue weighted by Gasteiger charge is 2.20. The highest BCUT2D eigenvalue weighted by Crippen LogP contribution is 2.20. The van der Waals surface area contributed by atoms with Crippen LogP contribution in [-0.2, 0) is 9.84 Å². The van der Waals surface area contributed by atoms with Crippen molar-refractivity contribution in [1.82, 2.24) is 4.98 Å². The van der Waals surface area contributed by atoms with Crippen molar-refractivity contribution in [2.45, 2.75) is 70.2 Å². The Labute approximate surface area is 130 Å². The van der Waals surface area contributed by atoms with E-state index in [1.54, 1.807) is 24.4 Å². The summed E-state index contributed by atoms with van der Waals surface area (Å²) in [5.41, 5.74) is 0. The van der Waals surface area contributed by atoms with Gasteiger partial charge in [-0.1, -0.05) is 64.9 Å². The van der Waals surface area contributed by atoms with E-state index in [9.17, 15) is 8.42 Å². The Morgan fingerprint density at radius 2 is 1.76 bits per heavy atom. The van der Waals surface area contributed by atoms with Crippen molar-refractivity contribution in [2.24, 2.45) is 5.92 Å². The van der Waals surface area contributed by atoms with Gasteiger partial charge in [-0.3, -0.25) is 0 Å². The topological polar surface area (TPSA) is 47.0 Å². The largest absolute Gasteiger partial charge is 0.245 e. The fourth-order valence-electron chi connectivity index (χ4n) is 2.55. The molecule has 0 aliphatic rings. The lowest BCUT2D eigenvalue weighted by atomic mass is 10.00. The quantitative estimate of drug-likeness (QED) is 0.560. The van der Waals surface area contributed by atoms with Gasteiger partial charge < -0.3 is 0 Å². The zero-order chi connectivity index (χ0) is 15.6. The van der Waals surface area contributed by atoms with E-state index in [0.29, 0.717) is 0 Å². The van der Waals surface area contributed by atoms with Crippen LogP contribution in [0, 0.1) is 5.92 Å². The molecule has 1 aromatic heterocycles. The number of aromatic nitrogens is 1. The SMILES string of the molecule is CCCCCCCC[C@@H](CC)CS(=O)(=O)c1ccccn1. The van der Waals surface area contributed by atoms with Gasteiger partial charge in [-0.15, -0.1) is 0 Å². The first-order valence-corrected chi connectivity index (χ1v) is 9.89. The standard InChI is InChI=1S/C17H29NO2S/c1-3-5-6-7-8-9-12-16(4-2)15-21(19,20)17-13-10-11-14-18-17/h10-11,13-14,16H,3-9,12,15H2,1-2H3/t16-/m1/s1. The molecule has 1 aromatic rings. The Kier molecular flexibility index (Phi) is 8.58. The van der Waals surface area contributed by atoms with E-state index in [1.165, 1.54) is 32.1 Å². The zero-order valence-electron chi connectivity index (χ0n) is 13.4. The van der Waals surface area contributed by atoms with Gasteiger partial charge in [0.2, 0.25) is 0 Å². The molecule has 0 unspecified atom stereocenters. The minimum atomic E-state index is -3.23. The van der Waals surface area contributed by atoms with Crippen LogP contribution in [0.4, 0.5) is 0 Å². The van der Waals surface area contributed by atoms with Gasteiger partial charge in [0.05, 0.1) is 5.75 Å². The summed E-state index contributed by atoms with van der Waals surface area (Å²) in [5.74, 6) is 0.485. The molecule has 0 spiro atoms. The Bertz CT molecular complexity index is 471. The van der Waals surface area contributed by atoms with Crippen LogP contribution in [0.5, 0.6) is 0 Å². The molecule has 3 nitrogen and oxygen atoms in total. The maximum atomic E-state index is 12.3. The lowest BCUT2D eigenvalue weighted by molar-refractivity contribution is 0.466. The van der Waals surface area contributed by atoms with Crippen molar-refractivity contribution >= 4 is 9.84 Å². The third kappa shape index (κ3) is 7.07. The van der Waals surface area contributed by atoms with Gasteiger partial charge >= 0.3 is 0 Å². The summed E-state index contributed by atoms with van der Waals surface area (Å²) in [6.45, 7) is 4.30. The van der Waals surface area contributed by atoms with E-state index in [0.717, 1.165) is 19.3 Å². The molecule has 0 aromatic carbocycles. The number of rotatable bonds is 11.